The largest absolute Gasteiger partial charge is 0.313 e. The summed E-state index contributed by atoms with van der Waals surface area (Å²) in [7, 11) is 0. The highest BCUT2D eigenvalue weighted by atomic mass is 19.1. The number of rotatable bonds is 5. The van der Waals surface area contributed by atoms with E-state index in [9.17, 15) is 4.39 Å². The molecule has 0 fully saturated rings. The van der Waals surface area contributed by atoms with E-state index in [-0.39, 0.29) is 5.82 Å². The lowest BCUT2D eigenvalue weighted by atomic mass is 10.2. The van der Waals surface area contributed by atoms with Crippen molar-refractivity contribution in [2.24, 2.45) is 0 Å². The molecule has 0 radical (unpaired) electrons. The minimum atomic E-state index is -0.227. The third kappa shape index (κ3) is 3.01. The predicted molar refractivity (Wildman–Crippen MR) is 75.0 cm³/mol. The van der Waals surface area contributed by atoms with Crippen molar-refractivity contribution in [3.63, 3.8) is 0 Å². The second-order valence-electron chi connectivity index (χ2n) is 4.71. The number of benzene rings is 1. The van der Waals surface area contributed by atoms with E-state index in [4.69, 9.17) is 0 Å². The average Bonchev–Trinajstić information content (AvgIpc) is 2.68. The molecule has 0 unspecified atom stereocenters. The highest BCUT2D eigenvalue weighted by Gasteiger charge is 2.12. The van der Waals surface area contributed by atoms with Crippen LogP contribution in [0.5, 0.6) is 0 Å². The second kappa shape index (κ2) is 5.97. The third-order valence-electron chi connectivity index (χ3n) is 3.24. The standard InChI is InChI=1S/C15H20FN3/c1-4-9-17-10-15-11(2)18-19(12(15)3)14-7-5-13(16)6-8-14/h5-8,17H,4,9-10H2,1-3H3. The van der Waals surface area contributed by atoms with E-state index in [1.807, 2.05) is 18.5 Å². The van der Waals surface area contributed by atoms with Crippen molar-refractivity contribution < 1.29 is 4.39 Å². The summed E-state index contributed by atoms with van der Waals surface area (Å²) < 4.78 is 14.8. The Labute approximate surface area is 113 Å². The van der Waals surface area contributed by atoms with Gasteiger partial charge in [-0.05, 0) is 51.1 Å². The fourth-order valence-corrected chi connectivity index (χ4v) is 2.15. The Morgan fingerprint density at radius 1 is 1.21 bits per heavy atom. The minimum absolute atomic E-state index is 0.227. The molecular weight excluding hydrogens is 241 g/mol. The van der Waals surface area contributed by atoms with Gasteiger partial charge in [0.25, 0.3) is 0 Å². The number of nitrogens with zero attached hydrogens (tertiary/aromatic N) is 2. The quantitative estimate of drug-likeness (QED) is 0.838. The Morgan fingerprint density at radius 3 is 2.53 bits per heavy atom. The molecule has 0 amide bonds. The molecule has 102 valence electrons. The zero-order valence-electron chi connectivity index (χ0n) is 11.7. The SMILES string of the molecule is CCCNCc1c(C)nn(-c2ccc(F)cc2)c1C. The lowest BCUT2D eigenvalue weighted by Gasteiger charge is -2.06. The van der Waals surface area contributed by atoms with Gasteiger partial charge in [-0.15, -0.1) is 0 Å². The Hall–Kier alpha value is -1.68. The van der Waals surface area contributed by atoms with E-state index in [1.165, 1.54) is 17.7 Å². The van der Waals surface area contributed by atoms with Gasteiger partial charge in [-0.25, -0.2) is 9.07 Å². The maximum Gasteiger partial charge on any atom is 0.123 e. The maximum absolute atomic E-state index is 13.0. The molecule has 1 N–H and O–H groups in total. The Bertz CT molecular complexity index is 543. The van der Waals surface area contributed by atoms with Crippen LogP contribution in [0.2, 0.25) is 0 Å². The van der Waals surface area contributed by atoms with Crippen LogP contribution >= 0.6 is 0 Å². The van der Waals surface area contributed by atoms with Crippen LogP contribution in [0.4, 0.5) is 4.39 Å². The molecule has 3 nitrogen and oxygen atoms in total. The van der Waals surface area contributed by atoms with Gasteiger partial charge in [0.2, 0.25) is 0 Å². The van der Waals surface area contributed by atoms with Gasteiger partial charge in [0, 0.05) is 17.8 Å². The van der Waals surface area contributed by atoms with Gasteiger partial charge in [0.05, 0.1) is 11.4 Å². The van der Waals surface area contributed by atoms with Crippen LogP contribution < -0.4 is 5.32 Å². The predicted octanol–water partition coefficient (Wildman–Crippen LogP) is 3.13. The first kappa shape index (κ1) is 13.7. The molecule has 0 aliphatic heterocycles. The first-order valence-corrected chi connectivity index (χ1v) is 6.65. The van der Waals surface area contributed by atoms with Crippen LogP contribution in [0.1, 0.15) is 30.3 Å². The number of aromatic nitrogens is 2. The molecule has 0 bridgehead atoms. The van der Waals surface area contributed by atoms with Crippen molar-refractivity contribution >= 4 is 0 Å². The summed E-state index contributed by atoms with van der Waals surface area (Å²) in [6, 6.07) is 6.41. The molecular formula is C15H20FN3. The van der Waals surface area contributed by atoms with Gasteiger partial charge in [-0.1, -0.05) is 6.92 Å². The first-order valence-electron chi connectivity index (χ1n) is 6.65. The highest BCUT2D eigenvalue weighted by molar-refractivity contribution is 5.37. The summed E-state index contributed by atoms with van der Waals surface area (Å²) in [4.78, 5) is 0. The van der Waals surface area contributed by atoms with Crippen molar-refractivity contribution in [1.29, 1.82) is 0 Å². The van der Waals surface area contributed by atoms with Crippen LogP contribution in [-0.4, -0.2) is 16.3 Å². The van der Waals surface area contributed by atoms with Gasteiger partial charge in [0.15, 0.2) is 0 Å². The average molecular weight is 261 g/mol. The molecule has 0 saturated heterocycles. The maximum atomic E-state index is 13.0. The van der Waals surface area contributed by atoms with E-state index < -0.39 is 0 Å². The van der Waals surface area contributed by atoms with Crippen LogP contribution in [0.15, 0.2) is 24.3 Å². The summed E-state index contributed by atoms with van der Waals surface area (Å²) in [5.41, 5.74) is 4.24. The summed E-state index contributed by atoms with van der Waals surface area (Å²) in [6.07, 6.45) is 1.12. The molecule has 1 heterocycles. The van der Waals surface area contributed by atoms with E-state index in [2.05, 4.69) is 17.3 Å². The molecule has 0 aliphatic carbocycles. The minimum Gasteiger partial charge on any atom is -0.313 e. The van der Waals surface area contributed by atoms with Crippen LogP contribution in [-0.2, 0) is 6.54 Å². The Kier molecular flexibility index (Phi) is 4.32. The van der Waals surface area contributed by atoms with Gasteiger partial charge >= 0.3 is 0 Å². The molecule has 4 heteroatoms. The molecule has 19 heavy (non-hydrogen) atoms. The van der Waals surface area contributed by atoms with Gasteiger partial charge in [-0.2, -0.15) is 5.10 Å². The van der Waals surface area contributed by atoms with Crippen molar-refractivity contribution in [2.75, 3.05) is 6.54 Å². The molecule has 2 aromatic rings. The first-order chi connectivity index (χ1) is 9.13. The molecule has 1 aromatic carbocycles. The summed E-state index contributed by atoms with van der Waals surface area (Å²) >= 11 is 0. The topological polar surface area (TPSA) is 29.9 Å². The lowest BCUT2D eigenvalue weighted by molar-refractivity contribution is 0.627. The lowest BCUT2D eigenvalue weighted by Crippen LogP contribution is -2.15. The van der Waals surface area contributed by atoms with Crippen LogP contribution in [0.25, 0.3) is 5.69 Å². The molecule has 2 rings (SSSR count). The molecule has 0 aliphatic rings. The number of halogens is 1. The third-order valence-corrected chi connectivity index (χ3v) is 3.24. The highest BCUT2D eigenvalue weighted by Crippen LogP contribution is 2.18. The zero-order valence-corrected chi connectivity index (χ0v) is 11.7. The van der Waals surface area contributed by atoms with Crippen molar-refractivity contribution in [3.8, 4) is 5.69 Å². The second-order valence-corrected chi connectivity index (χ2v) is 4.71. The number of nitrogens with one attached hydrogen (secondary N) is 1. The molecule has 1 aromatic heterocycles. The smallest absolute Gasteiger partial charge is 0.123 e. The van der Waals surface area contributed by atoms with Crippen LogP contribution in [0, 0.1) is 19.7 Å². The Balaban J connectivity index is 2.27. The van der Waals surface area contributed by atoms with Crippen molar-refractivity contribution in [2.45, 2.75) is 33.7 Å². The summed E-state index contributed by atoms with van der Waals surface area (Å²) in [6.45, 7) is 8.03. The fourth-order valence-electron chi connectivity index (χ4n) is 2.15. The molecule has 0 saturated carbocycles. The van der Waals surface area contributed by atoms with Gasteiger partial charge in [0.1, 0.15) is 5.82 Å². The van der Waals surface area contributed by atoms with E-state index in [0.717, 1.165) is 36.6 Å². The summed E-state index contributed by atoms with van der Waals surface area (Å²) in [5, 5.41) is 7.94. The van der Waals surface area contributed by atoms with E-state index in [1.54, 1.807) is 12.1 Å². The number of aryl methyl sites for hydroxylation is 1. The molecule has 0 atom stereocenters. The van der Waals surface area contributed by atoms with Gasteiger partial charge in [-0.3, -0.25) is 0 Å². The monoisotopic (exact) mass is 261 g/mol. The van der Waals surface area contributed by atoms with Crippen molar-refractivity contribution in [1.82, 2.24) is 15.1 Å². The molecule has 0 spiro atoms. The van der Waals surface area contributed by atoms with Crippen molar-refractivity contribution in [3.05, 3.63) is 47.0 Å². The normalized spacial score (nSPS) is 10.9. The van der Waals surface area contributed by atoms with E-state index in [0.29, 0.717) is 0 Å². The van der Waals surface area contributed by atoms with Gasteiger partial charge < -0.3 is 5.32 Å². The number of hydrogen-bond acceptors (Lipinski definition) is 2. The fraction of sp³-hybridized carbons (Fsp3) is 0.400. The van der Waals surface area contributed by atoms with E-state index >= 15 is 0 Å². The Morgan fingerprint density at radius 2 is 1.89 bits per heavy atom. The number of hydrogen-bond donors (Lipinski definition) is 1. The zero-order chi connectivity index (χ0) is 13.8. The summed E-state index contributed by atoms with van der Waals surface area (Å²) in [5.74, 6) is -0.227. The van der Waals surface area contributed by atoms with Crippen LogP contribution in [0.3, 0.4) is 0 Å².